The van der Waals surface area contributed by atoms with E-state index in [1.165, 1.54) is 12.1 Å². The lowest BCUT2D eigenvalue weighted by molar-refractivity contribution is -0.00522. The van der Waals surface area contributed by atoms with Crippen LogP contribution in [-0.2, 0) is 4.74 Å². The average molecular weight is 251 g/mol. The SMILES string of the molecule is CC1CN(c2ccc(F)cc2C(=N)N)CC(C)O1. The van der Waals surface area contributed by atoms with Crippen LogP contribution in [0.2, 0.25) is 0 Å². The quantitative estimate of drug-likeness (QED) is 0.621. The molecule has 0 aromatic heterocycles. The Hall–Kier alpha value is -1.62. The van der Waals surface area contributed by atoms with E-state index in [0.717, 1.165) is 18.8 Å². The van der Waals surface area contributed by atoms with Crippen molar-refractivity contribution in [2.45, 2.75) is 26.1 Å². The molecule has 1 aromatic rings. The number of morpholine rings is 1. The normalized spacial score (nSPS) is 24.1. The number of halogens is 1. The van der Waals surface area contributed by atoms with Gasteiger partial charge in [0.25, 0.3) is 0 Å². The number of nitrogen functional groups attached to an aromatic ring is 1. The van der Waals surface area contributed by atoms with Gasteiger partial charge in [-0.25, -0.2) is 4.39 Å². The first-order valence-corrected chi connectivity index (χ1v) is 6.01. The van der Waals surface area contributed by atoms with Gasteiger partial charge in [0.2, 0.25) is 0 Å². The number of hydrogen-bond acceptors (Lipinski definition) is 3. The fourth-order valence-corrected chi connectivity index (χ4v) is 2.37. The summed E-state index contributed by atoms with van der Waals surface area (Å²) in [7, 11) is 0. The molecule has 0 radical (unpaired) electrons. The van der Waals surface area contributed by atoms with Crippen molar-refractivity contribution in [2.75, 3.05) is 18.0 Å². The van der Waals surface area contributed by atoms with Crippen LogP contribution in [0.4, 0.5) is 10.1 Å². The van der Waals surface area contributed by atoms with Gasteiger partial charge >= 0.3 is 0 Å². The molecule has 5 heteroatoms. The molecule has 2 rings (SSSR count). The predicted molar refractivity (Wildman–Crippen MR) is 69.6 cm³/mol. The number of ether oxygens (including phenoxy) is 1. The minimum Gasteiger partial charge on any atom is -0.384 e. The lowest BCUT2D eigenvalue weighted by Crippen LogP contribution is -2.46. The molecule has 4 nitrogen and oxygen atoms in total. The van der Waals surface area contributed by atoms with E-state index in [2.05, 4.69) is 4.90 Å². The van der Waals surface area contributed by atoms with Crippen LogP contribution in [0.1, 0.15) is 19.4 Å². The van der Waals surface area contributed by atoms with Gasteiger partial charge in [-0.15, -0.1) is 0 Å². The van der Waals surface area contributed by atoms with Crippen molar-refractivity contribution in [3.8, 4) is 0 Å². The van der Waals surface area contributed by atoms with Gasteiger partial charge in [-0.05, 0) is 32.0 Å². The monoisotopic (exact) mass is 251 g/mol. The zero-order valence-electron chi connectivity index (χ0n) is 10.6. The molecule has 2 atom stereocenters. The first-order valence-electron chi connectivity index (χ1n) is 6.01. The Morgan fingerprint density at radius 1 is 1.39 bits per heavy atom. The van der Waals surface area contributed by atoms with Crippen LogP contribution in [0.25, 0.3) is 0 Å². The molecule has 0 saturated carbocycles. The minimum atomic E-state index is -0.377. The summed E-state index contributed by atoms with van der Waals surface area (Å²) in [6.45, 7) is 5.44. The summed E-state index contributed by atoms with van der Waals surface area (Å²) in [5.74, 6) is -0.491. The Labute approximate surface area is 106 Å². The van der Waals surface area contributed by atoms with Gasteiger partial charge in [0.1, 0.15) is 11.7 Å². The topological polar surface area (TPSA) is 62.3 Å². The maximum atomic E-state index is 13.2. The zero-order chi connectivity index (χ0) is 13.3. The van der Waals surface area contributed by atoms with Crippen LogP contribution >= 0.6 is 0 Å². The molecule has 1 heterocycles. The van der Waals surface area contributed by atoms with Crippen molar-refractivity contribution < 1.29 is 9.13 Å². The van der Waals surface area contributed by atoms with Crippen LogP contribution in [0.5, 0.6) is 0 Å². The second kappa shape index (κ2) is 4.94. The predicted octanol–water partition coefficient (Wildman–Crippen LogP) is 1.72. The molecule has 1 aliphatic heterocycles. The number of nitrogens with one attached hydrogen (secondary N) is 1. The molecule has 0 bridgehead atoms. The Bertz CT molecular complexity index is 454. The number of amidine groups is 1. The molecule has 1 saturated heterocycles. The summed E-state index contributed by atoms with van der Waals surface area (Å²) in [6.07, 6.45) is 0.220. The third-order valence-electron chi connectivity index (χ3n) is 3.01. The fraction of sp³-hybridized carbons (Fsp3) is 0.462. The van der Waals surface area contributed by atoms with E-state index in [-0.39, 0.29) is 23.9 Å². The maximum absolute atomic E-state index is 13.2. The van der Waals surface area contributed by atoms with Crippen molar-refractivity contribution >= 4 is 11.5 Å². The van der Waals surface area contributed by atoms with Gasteiger partial charge in [0, 0.05) is 24.3 Å². The van der Waals surface area contributed by atoms with Gasteiger partial charge < -0.3 is 15.4 Å². The standard InChI is InChI=1S/C13H18FN3O/c1-8-6-17(7-9(2)18-8)12-4-3-10(14)5-11(12)13(15)16/h3-5,8-9H,6-7H2,1-2H3,(H3,15,16). The van der Waals surface area contributed by atoms with Crippen molar-refractivity contribution in [3.63, 3.8) is 0 Å². The molecule has 1 fully saturated rings. The minimum absolute atomic E-state index is 0.110. The molecule has 2 unspecified atom stereocenters. The average Bonchev–Trinajstić information content (AvgIpc) is 2.27. The zero-order valence-corrected chi connectivity index (χ0v) is 10.6. The number of nitrogens with two attached hydrogens (primary N) is 1. The number of anilines is 1. The Morgan fingerprint density at radius 2 is 2.00 bits per heavy atom. The van der Waals surface area contributed by atoms with Crippen molar-refractivity contribution in [2.24, 2.45) is 5.73 Å². The fourth-order valence-electron chi connectivity index (χ4n) is 2.37. The van der Waals surface area contributed by atoms with E-state index in [0.29, 0.717) is 5.56 Å². The van der Waals surface area contributed by atoms with E-state index in [9.17, 15) is 4.39 Å². The summed E-state index contributed by atoms with van der Waals surface area (Å²) in [5, 5.41) is 7.55. The number of benzene rings is 1. The Morgan fingerprint density at radius 3 is 2.56 bits per heavy atom. The lowest BCUT2D eigenvalue weighted by Gasteiger charge is -2.37. The van der Waals surface area contributed by atoms with Crippen LogP contribution < -0.4 is 10.6 Å². The van der Waals surface area contributed by atoms with Crippen LogP contribution in [0, 0.1) is 11.2 Å². The number of hydrogen-bond donors (Lipinski definition) is 2. The van der Waals surface area contributed by atoms with E-state index in [1.807, 2.05) is 13.8 Å². The molecule has 18 heavy (non-hydrogen) atoms. The molecule has 0 aliphatic carbocycles. The first kappa shape index (κ1) is 12.8. The second-order valence-corrected chi connectivity index (χ2v) is 4.74. The highest BCUT2D eigenvalue weighted by atomic mass is 19.1. The summed E-state index contributed by atoms with van der Waals surface area (Å²) in [6, 6.07) is 4.38. The molecule has 0 amide bonds. The van der Waals surface area contributed by atoms with E-state index >= 15 is 0 Å². The van der Waals surface area contributed by atoms with Crippen molar-refractivity contribution in [3.05, 3.63) is 29.6 Å². The molecular weight excluding hydrogens is 233 g/mol. The number of nitrogens with zero attached hydrogens (tertiary/aromatic N) is 1. The van der Waals surface area contributed by atoms with Gasteiger partial charge in [-0.3, -0.25) is 5.41 Å². The molecular formula is C13H18FN3O. The maximum Gasteiger partial charge on any atom is 0.125 e. The smallest absolute Gasteiger partial charge is 0.125 e. The van der Waals surface area contributed by atoms with Crippen molar-refractivity contribution in [1.29, 1.82) is 5.41 Å². The largest absolute Gasteiger partial charge is 0.384 e. The Balaban J connectivity index is 2.35. The third-order valence-corrected chi connectivity index (χ3v) is 3.01. The first-order chi connectivity index (χ1) is 8.47. The molecule has 0 spiro atoms. The van der Waals surface area contributed by atoms with Crippen molar-refractivity contribution in [1.82, 2.24) is 0 Å². The van der Waals surface area contributed by atoms with Gasteiger partial charge in [-0.2, -0.15) is 0 Å². The molecule has 1 aliphatic rings. The second-order valence-electron chi connectivity index (χ2n) is 4.74. The molecule has 1 aromatic carbocycles. The highest BCUT2D eigenvalue weighted by Gasteiger charge is 2.24. The summed E-state index contributed by atoms with van der Waals surface area (Å²) < 4.78 is 18.9. The third kappa shape index (κ3) is 2.61. The highest BCUT2D eigenvalue weighted by molar-refractivity contribution is 6.00. The van der Waals surface area contributed by atoms with Gasteiger partial charge in [0.05, 0.1) is 12.2 Å². The van der Waals surface area contributed by atoms with E-state index in [4.69, 9.17) is 15.9 Å². The van der Waals surface area contributed by atoms with Gasteiger partial charge in [0.15, 0.2) is 0 Å². The van der Waals surface area contributed by atoms with E-state index in [1.54, 1.807) is 6.07 Å². The summed E-state index contributed by atoms with van der Waals surface area (Å²) in [5.41, 5.74) is 6.76. The van der Waals surface area contributed by atoms with Crippen LogP contribution in [-0.4, -0.2) is 31.1 Å². The molecule has 3 N–H and O–H groups in total. The summed E-state index contributed by atoms with van der Waals surface area (Å²) in [4.78, 5) is 2.09. The van der Waals surface area contributed by atoms with Crippen LogP contribution in [0.3, 0.4) is 0 Å². The number of rotatable bonds is 2. The van der Waals surface area contributed by atoms with Crippen LogP contribution in [0.15, 0.2) is 18.2 Å². The van der Waals surface area contributed by atoms with E-state index < -0.39 is 0 Å². The van der Waals surface area contributed by atoms with Gasteiger partial charge in [-0.1, -0.05) is 0 Å². The highest BCUT2D eigenvalue weighted by Crippen LogP contribution is 2.25. The molecule has 98 valence electrons. The Kier molecular flexibility index (Phi) is 3.52. The summed E-state index contributed by atoms with van der Waals surface area (Å²) >= 11 is 0. The lowest BCUT2D eigenvalue weighted by atomic mass is 10.1.